The van der Waals surface area contributed by atoms with Gasteiger partial charge in [-0.1, -0.05) is 37.3 Å². The van der Waals surface area contributed by atoms with Crippen molar-refractivity contribution in [1.29, 1.82) is 0 Å². The number of para-hydroxylation sites is 1. The van der Waals surface area contributed by atoms with Crippen molar-refractivity contribution < 1.29 is 9.53 Å². The molecule has 0 saturated carbocycles. The summed E-state index contributed by atoms with van der Waals surface area (Å²) in [6.07, 6.45) is 3.03. The van der Waals surface area contributed by atoms with E-state index in [-0.39, 0.29) is 11.3 Å². The van der Waals surface area contributed by atoms with Gasteiger partial charge >= 0.3 is 0 Å². The van der Waals surface area contributed by atoms with E-state index in [0.29, 0.717) is 11.6 Å². The molecule has 5 rings (SSSR count). The SMILES string of the molecule is CCN1CC[C@]2(c3cccc(OC)c3)Cc3[nH]c(C(=O)Nc4ccccc4)c(C)c3C[C@H]2C1. The van der Waals surface area contributed by atoms with Crippen LogP contribution in [0.3, 0.4) is 0 Å². The number of amides is 1. The molecule has 1 saturated heterocycles. The van der Waals surface area contributed by atoms with E-state index in [1.165, 1.54) is 16.8 Å². The largest absolute Gasteiger partial charge is 0.497 e. The van der Waals surface area contributed by atoms with E-state index in [0.717, 1.165) is 55.9 Å². The second kappa shape index (κ2) is 8.71. The number of carbonyl (C=O) groups excluding carboxylic acids is 1. The highest BCUT2D eigenvalue weighted by atomic mass is 16.5. The summed E-state index contributed by atoms with van der Waals surface area (Å²) in [5.74, 6) is 1.35. The lowest BCUT2D eigenvalue weighted by Gasteiger charge is -2.51. The molecule has 2 aliphatic rings. The van der Waals surface area contributed by atoms with Gasteiger partial charge < -0.3 is 19.9 Å². The molecule has 172 valence electrons. The summed E-state index contributed by atoms with van der Waals surface area (Å²) in [6.45, 7) is 7.60. The number of ether oxygens (including phenoxy) is 1. The second-order valence-electron chi connectivity index (χ2n) is 9.51. The van der Waals surface area contributed by atoms with Crippen LogP contribution in [0.1, 0.15) is 46.2 Å². The molecule has 1 aliphatic heterocycles. The molecule has 2 atom stereocenters. The highest BCUT2D eigenvalue weighted by Gasteiger charge is 2.48. The summed E-state index contributed by atoms with van der Waals surface area (Å²) in [4.78, 5) is 19.2. The maximum atomic E-state index is 13.1. The van der Waals surface area contributed by atoms with Crippen LogP contribution < -0.4 is 10.1 Å². The Bertz CT molecular complexity index is 1150. The number of piperidine rings is 1. The Morgan fingerprint density at radius 3 is 2.79 bits per heavy atom. The number of anilines is 1. The number of nitrogens with zero attached hydrogens (tertiary/aromatic N) is 1. The summed E-state index contributed by atoms with van der Waals surface area (Å²) in [5, 5.41) is 3.05. The molecule has 33 heavy (non-hydrogen) atoms. The first kappa shape index (κ1) is 21.8. The topological polar surface area (TPSA) is 57.4 Å². The number of carbonyl (C=O) groups is 1. The fourth-order valence-electron chi connectivity index (χ4n) is 5.96. The predicted molar refractivity (Wildman–Crippen MR) is 132 cm³/mol. The lowest BCUT2D eigenvalue weighted by Crippen LogP contribution is -2.53. The Balaban J connectivity index is 1.52. The van der Waals surface area contributed by atoms with Crippen LogP contribution in [0.15, 0.2) is 54.6 Å². The van der Waals surface area contributed by atoms with Crippen molar-refractivity contribution in [2.45, 2.75) is 38.5 Å². The first-order valence-corrected chi connectivity index (χ1v) is 12.0. The third kappa shape index (κ3) is 3.84. The molecule has 1 aromatic heterocycles. The third-order valence-electron chi connectivity index (χ3n) is 7.90. The Morgan fingerprint density at radius 2 is 2.03 bits per heavy atom. The summed E-state index contributed by atoms with van der Waals surface area (Å²) < 4.78 is 5.57. The van der Waals surface area contributed by atoms with Crippen molar-refractivity contribution in [3.8, 4) is 5.75 Å². The van der Waals surface area contributed by atoms with Gasteiger partial charge in [0.05, 0.1) is 7.11 Å². The molecule has 1 fully saturated rings. The number of aromatic amines is 1. The third-order valence-corrected chi connectivity index (χ3v) is 7.90. The van der Waals surface area contributed by atoms with Gasteiger partial charge in [-0.3, -0.25) is 4.79 Å². The number of hydrogen-bond donors (Lipinski definition) is 2. The lowest BCUT2D eigenvalue weighted by molar-refractivity contribution is 0.0848. The zero-order valence-electron chi connectivity index (χ0n) is 19.8. The number of aromatic nitrogens is 1. The van der Waals surface area contributed by atoms with Crippen molar-refractivity contribution in [1.82, 2.24) is 9.88 Å². The monoisotopic (exact) mass is 443 g/mol. The second-order valence-corrected chi connectivity index (χ2v) is 9.51. The lowest BCUT2D eigenvalue weighted by atomic mass is 9.58. The molecule has 3 aromatic rings. The first-order valence-electron chi connectivity index (χ1n) is 12.0. The molecule has 2 N–H and O–H groups in total. The van der Waals surface area contributed by atoms with Crippen LogP contribution in [0.25, 0.3) is 0 Å². The summed E-state index contributed by atoms with van der Waals surface area (Å²) >= 11 is 0. The van der Waals surface area contributed by atoms with Crippen molar-refractivity contribution in [2.24, 2.45) is 5.92 Å². The van der Waals surface area contributed by atoms with Gasteiger partial charge in [0.2, 0.25) is 0 Å². The maximum absolute atomic E-state index is 13.1. The fraction of sp³-hybridized carbons (Fsp3) is 0.393. The van der Waals surface area contributed by atoms with Crippen molar-refractivity contribution >= 4 is 11.6 Å². The van der Waals surface area contributed by atoms with E-state index in [9.17, 15) is 4.79 Å². The first-order chi connectivity index (χ1) is 16.0. The minimum atomic E-state index is -0.0679. The van der Waals surface area contributed by atoms with Gasteiger partial charge in [-0.15, -0.1) is 0 Å². The molecule has 0 bridgehead atoms. The number of rotatable bonds is 5. The highest BCUT2D eigenvalue weighted by Crippen LogP contribution is 2.49. The molecule has 1 aliphatic carbocycles. The van der Waals surface area contributed by atoms with Gasteiger partial charge in [0.25, 0.3) is 5.91 Å². The quantitative estimate of drug-likeness (QED) is 0.586. The standard InChI is InChI=1S/C28H33N3O2/c1-4-31-14-13-28(20-9-8-12-23(15-20)33-3)17-25-24(16-21(28)18-31)19(2)26(30-25)27(32)29-22-10-6-5-7-11-22/h5-12,15,21,30H,4,13-14,16-18H2,1-3H3,(H,29,32)/t21-,28+/m0/s1. The molecule has 2 aromatic carbocycles. The zero-order valence-corrected chi connectivity index (χ0v) is 19.8. The molecule has 1 amide bonds. The smallest absolute Gasteiger partial charge is 0.272 e. The zero-order chi connectivity index (χ0) is 23.0. The molecule has 5 nitrogen and oxygen atoms in total. The van der Waals surface area contributed by atoms with E-state index in [1.54, 1.807) is 7.11 Å². The molecule has 0 unspecified atom stereocenters. The van der Waals surface area contributed by atoms with Crippen LogP contribution in [0.4, 0.5) is 5.69 Å². The van der Waals surface area contributed by atoms with Crippen molar-refractivity contribution in [3.63, 3.8) is 0 Å². The van der Waals surface area contributed by atoms with E-state index in [2.05, 4.69) is 47.2 Å². The van der Waals surface area contributed by atoms with Gasteiger partial charge in [-0.25, -0.2) is 0 Å². The number of methoxy groups -OCH3 is 1. The predicted octanol–water partition coefficient (Wildman–Crippen LogP) is 4.96. The van der Waals surface area contributed by atoms with Crippen molar-refractivity contribution in [3.05, 3.63) is 82.7 Å². The van der Waals surface area contributed by atoms with E-state index < -0.39 is 0 Å². The van der Waals surface area contributed by atoms with Crippen LogP contribution in [-0.2, 0) is 18.3 Å². The summed E-state index contributed by atoms with van der Waals surface area (Å²) in [6, 6.07) is 18.3. The minimum absolute atomic E-state index is 0.0533. The van der Waals surface area contributed by atoms with Gasteiger partial charge in [-0.2, -0.15) is 0 Å². The maximum Gasteiger partial charge on any atom is 0.272 e. The Kier molecular flexibility index (Phi) is 5.75. The van der Waals surface area contributed by atoms with Gasteiger partial charge in [0, 0.05) is 23.3 Å². The molecular weight excluding hydrogens is 410 g/mol. The van der Waals surface area contributed by atoms with E-state index in [1.807, 2.05) is 36.4 Å². The Hall–Kier alpha value is -3.05. The molecule has 0 radical (unpaired) electrons. The molecule has 2 heterocycles. The molecule has 0 spiro atoms. The Morgan fingerprint density at radius 1 is 1.21 bits per heavy atom. The normalized spacial score (nSPS) is 22.3. The average molecular weight is 444 g/mol. The van der Waals surface area contributed by atoms with Crippen LogP contribution in [0, 0.1) is 12.8 Å². The average Bonchev–Trinajstić information content (AvgIpc) is 3.17. The van der Waals surface area contributed by atoms with Crippen LogP contribution >= 0.6 is 0 Å². The number of likely N-dealkylation sites (tertiary alicyclic amines) is 1. The summed E-state index contributed by atoms with van der Waals surface area (Å²) in [7, 11) is 1.74. The summed E-state index contributed by atoms with van der Waals surface area (Å²) in [5.41, 5.74) is 6.55. The molecule has 5 heteroatoms. The number of nitrogens with one attached hydrogen (secondary N) is 2. The number of benzene rings is 2. The van der Waals surface area contributed by atoms with Gasteiger partial charge in [0.1, 0.15) is 11.4 Å². The highest BCUT2D eigenvalue weighted by molar-refractivity contribution is 6.04. The van der Waals surface area contributed by atoms with Crippen LogP contribution in [-0.4, -0.2) is 42.5 Å². The van der Waals surface area contributed by atoms with Gasteiger partial charge in [0.15, 0.2) is 0 Å². The van der Waals surface area contributed by atoms with E-state index in [4.69, 9.17) is 4.74 Å². The Labute approximate surface area is 196 Å². The van der Waals surface area contributed by atoms with Crippen molar-refractivity contribution in [2.75, 3.05) is 32.1 Å². The molecular formula is C28H33N3O2. The minimum Gasteiger partial charge on any atom is -0.497 e. The van der Waals surface area contributed by atoms with Crippen LogP contribution in [0.2, 0.25) is 0 Å². The fourth-order valence-corrected chi connectivity index (χ4v) is 5.96. The van der Waals surface area contributed by atoms with E-state index >= 15 is 0 Å². The van der Waals surface area contributed by atoms with Crippen LogP contribution in [0.5, 0.6) is 5.75 Å². The number of fused-ring (bicyclic) bond motifs is 2. The van der Waals surface area contributed by atoms with Gasteiger partial charge in [-0.05, 0) is 86.1 Å². The number of hydrogen-bond acceptors (Lipinski definition) is 3. The number of H-pyrrole nitrogens is 1.